The van der Waals surface area contributed by atoms with Gasteiger partial charge in [0.25, 0.3) is 5.56 Å². The Morgan fingerprint density at radius 3 is 2.58 bits per heavy atom. The molecular weight excluding hydrogens is 466 g/mol. The van der Waals surface area contributed by atoms with E-state index in [0.717, 1.165) is 11.8 Å². The second-order valence-corrected chi connectivity index (χ2v) is 8.96. The average molecular weight is 490 g/mol. The number of aromatic nitrogens is 2. The standard InChI is InChI=1S/C23H24ClN3O5S/c1-13(2)11-27-21(29)16-7-5-14(22(30)32-4)9-18(16)26-23(27)33-12-20(28)25-15-6-8-19(31-3)17(24)10-15/h5-10,13H,11-12H2,1-4H3,(H,25,28). The molecule has 0 saturated heterocycles. The Balaban J connectivity index is 1.88. The van der Waals surface area contributed by atoms with E-state index in [-0.39, 0.29) is 23.1 Å². The number of carbonyl (C=O) groups excluding carboxylic acids is 2. The molecule has 0 aliphatic rings. The lowest BCUT2D eigenvalue weighted by molar-refractivity contribution is -0.113. The summed E-state index contributed by atoms with van der Waals surface area (Å²) in [6.07, 6.45) is 0. The Morgan fingerprint density at radius 2 is 1.94 bits per heavy atom. The number of amides is 1. The second-order valence-electron chi connectivity index (χ2n) is 7.61. The molecule has 0 aliphatic carbocycles. The van der Waals surface area contributed by atoms with Gasteiger partial charge in [-0.1, -0.05) is 37.2 Å². The summed E-state index contributed by atoms with van der Waals surface area (Å²) in [5, 5.41) is 3.94. The highest BCUT2D eigenvalue weighted by atomic mass is 35.5. The number of methoxy groups -OCH3 is 2. The van der Waals surface area contributed by atoms with Gasteiger partial charge in [0.05, 0.1) is 41.5 Å². The Hall–Kier alpha value is -3.04. The molecule has 1 aromatic heterocycles. The van der Waals surface area contributed by atoms with E-state index in [1.807, 2.05) is 13.8 Å². The number of hydrogen-bond donors (Lipinski definition) is 1. The van der Waals surface area contributed by atoms with Gasteiger partial charge in [-0.3, -0.25) is 14.2 Å². The molecule has 0 bridgehead atoms. The lowest BCUT2D eigenvalue weighted by Gasteiger charge is -2.15. The van der Waals surface area contributed by atoms with Crippen molar-refractivity contribution in [1.82, 2.24) is 9.55 Å². The summed E-state index contributed by atoms with van der Waals surface area (Å²) < 4.78 is 11.4. The molecular formula is C23H24ClN3O5S. The van der Waals surface area contributed by atoms with Crippen LogP contribution in [0, 0.1) is 5.92 Å². The monoisotopic (exact) mass is 489 g/mol. The van der Waals surface area contributed by atoms with Crippen molar-refractivity contribution in [2.75, 3.05) is 25.3 Å². The minimum atomic E-state index is -0.517. The first-order valence-corrected chi connectivity index (χ1v) is 11.5. The first-order chi connectivity index (χ1) is 15.7. The van der Waals surface area contributed by atoms with Crippen molar-refractivity contribution >= 4 is 51.8 Å². The molecule has 3 rings (SSSR count). The predicted octanol–water partition coefficient (Wildman–Crippen LogP) is 4.23. The van der Waals surface area contributed by atoms with Crippen molar-refractivity contribution in [1.29, 1.82) is 0 Å². The van der Waals surface area contributed by atoms with Crippen LogP contribution in [0.3, 0.4) is 0 Å². The zero-order chi connectivity index (χ0) is 24.1. The van der Waals surface area contributed by atoms with E-state index in [4.69, 9.17) is 21.1 Å². The number of thioether (sulfide) groups is 1. The van der Waals surface area contributed by atoms with Gasteiger partial charge in [-0.05, 0) is 42.3 Å². The first-order valence-electron chi connectivity index (χ1n) is 10.1. The van der Waals surface area contributed by atoms with Crippen molar-refractivity contribution in [2.24, 2.45) is 5.92 Å². The molecule has 0 spiro atoms. The summed E-state index contributed by atoms with van der Waals surface area (Å²) in [4.78, 5) is 42.1. The lowest BCUT2D eigenvalue weighted by atomic mass is 10.1. The molecule has 33 heavy (non-hydrogen) atoms. The third-order valence-electron chi connectivity index (χ3n) is 4.66. The molecule has 0 aliphatic heterocycles. The zero-order valence-corrected chi connectivity index (χ0v) is 20.2. The van der Waals surface area contributed by atoms with Crippen molar-refractivity contribution < 1.29 is 19.1 Å². The van der Waals surface area contributed by atoms with Crippen LogP contribution in [0.25, 0.3) is 10.9 Å². The highest BCUT2D eigenvalue weighted by molar-refractivity contribution is 7.99. The van der Waals surface area contributed by atoms with Gasteiger partial charge in [-0.25, -0.2) is 9.78 Å². The SMILES string of the molecule is COC(=O)c1ccc2c(=O)n(CC(C)C)c(SCC(=O)Nc3ccc(OC)c(Cl)c3)nc2c1. The van der Waals surface area contributed by atoms with Gasteiger partial charge >= 0.3 is 5.97 Å². The number of hydrogen-bond acceptors (Lipinski definition) is 7. The van der Waals surface area contributed by atoms with Gasteiger partial charge in [-0.2, -0.15) is 0 Å². The highest BCUT2D eigenvalue weighted by Gasteiger charge is 2.16. The van der Waals surface area contributed by atoms with E-state index < -0.39 is 5.97 Å². The maximum Gasteiger partial charge on any atom is 0.337 e. The summed E-state index contributed by atoms with van der Waals surface area (Å²) >= 11 is 7.25. The fourth-order valence-corrected chi connectivity index (χ4v) is 4.22. The van der Waals surface area contributed by atoms with E-state index in [2.05, 4.69) is 10.3 Å². The molecule has 8 nitrogen and oxygen atoms in total. The Morgan fingerprint density at radius 1 is 1.18 bits per heavy atom. The summed E-state index contributed by atoms with van der Waals surface area (Å²) in [6.45, 7) is 4.43. The van der Waals surface area contributed by atoms with Crippen LogP contribution < -0.4 is 15.6 Å². The number of halogens is 1. The van der Waals surface area contributed by atoms with Crippen molar-refractivity contribution in [3.63, 3.8) is 0 Å². The minimum Gasteiger partial charge on any atom is -0.495 e. The molecule has 174 valence electrons. The third kappa shape index (κ3) is 5.85. The van der Waals surface area contributed by atoms with Crippen LogP contribution in [0.15, 0.2) is 46.3 Å². The van der Waals surface area contributed by atoms with E-state index >= 15 is 0 Å². The molecule has 2 aromatic carbocycles. The normalized spacial score (nSPS) is 11.0. The molecule has 0 fully saturated rings. The summed E-state index contributed by atoms with van der Waals surface area (Å²) in [5.41, 5.74) is 0.964. The van der Waals surface area contributed by atoms with E-state index in [9.17, 15) is 14.4 Å². The molecule has 0 unspecified atom stereocenters. The van der Waals surface area contributed by atoms with Crippen LogP contribution in [0.2, 0.25) is 5.02 Å². The Kier molecular flexibility index (Phi) is 7.99. The molecule has 1 amide bonds. The summed E-state index contributed by atoms with van der Waals surface area (Å²) in [5.74, 6) is -0.0813. The number of nitrogens with one attached hydrogen (secondary N) is 1. The van der Waals surface area contributed by atoms with Crippen molar-refractivity contribution in [3.05, 3.63) is 57.3 Å². The second kappa shape index (κ2) is 10.7. The van der Waals surface area contributed by atoms with Crippen LogP contribution in [0.4, 0.5) is 5.69 Å². The number of anilines is 1. The maximum absolute atomic E-state index is 13.1. The van der Waals surface area contributed by atoms with Crippen molar-refractivity contribution in [3.8, 4) is 5.75 Å². The molecule has 10 heteroatoms. The smallest absolute Gasteiger partial charge is 0.337 e. The molecule has 0 saturated carbocycles. The first kappa shape index (κ1) is 24.6. The van der Waals surface area contributed by atoms with Gasteiger partial charge in [0, 0.05) is 12.2 Å². The maximum atomic E-state index is 13.1. The number of fused-ring (bicyclic) bond motifs is 1. The van der Waals surface area contributed by atoms with Crippen molar-refractivity contribution in [2.45, 2.75) is 25.5 Å². The number of ether oxygens (including phenoxy) is 2. The topological polar surface area (TPSA) is 99.5 Å². The summed E-state index contributed by atoms with van der Waals surface area (Å²) in [6, 6.07) is 9.57. The van der Waals surface area contributed by atoms with Gasteiger partial charge in [0.15, 0.2) is 5.16 Å². The fourth-order valence-electron chi connectivity index (χ4n) is 3.15. The van der Waals surface area contributed by atoms with Gasteiger partial charge in [-0.15, -0.1) is 0 Å². The summed E-state index contributed by atoms with van der Waals surface area (Å²) in [7, 11) is 2.80. The lowest BCUT2D eigenvalue weighted by Crippen LogP contribution is -2.26. The third-order valence-corrected chi connectivity index (χ3v) is 5.93. The molecule has 0 atom stereocenters. The van der Waals surface area contributed by atoms with Crippen LogP contribution in [0.5, 0.6) is 5.75 Å². The fraction of sp³-hybridized carbons (Fsp3) is 0.304. The Bertz CT molecular complexity index is 1260. The quantitative estimate of drug-likeness (QED) is 0.287. The molecule has 1 heterocycles. The van der Waals surface area contributed by atoms with E-state index in [1.165, 1.54) is 26.4 Å². The molecule has 1 N–H and O–H groups in total. The number of nitrogens with zero attached hydrogens (tertiary/aromatic N) is 2. The minimum absolute atomic E-state index is 0.0242. The van der Waals surface area contributed by atoms with Crippen LogP contribution in [-0.2, 0) is 16.1 Å². The molecule has 0 radical (unpaired) electrons. The zero-order valence-electron chi connectivity index (χ0n) is 18.7. The van der Waals surface area contributed by atoms with Crippen LogP contribution in [0.1, 0.15) is 24.2 Å². The Labute approximate surface area is 200 Å². The number of rotatable bonds is 8. The van der Waals surface area contributed by atoms with E-state index in [0.29, 0.717) is 44.6 Å². The predicted molar refractivity (Wildman–Crippen MR) is 130 cm³/mol. The van der Waals surface area contributed by atoms with Gasteiger partial charge < -0.3 is 14.8 Å². The number of esters is 1. The largest absolute Gasteiger partial charge is 0.495 e. The van der Waals surface area contributed by atoms with E-state index in [1.54, 1.807) is 28.8 Å². The van der Waals surface area contributed by atoms with Gasteiger partial charge in [0.2, 0.25) is 5.91 Å². The van der Waals surface area contributed by atoms with Gasteiger partial charge in [0.1, 0.15) is 5.75 Å². The van der Waals surface area contributed by atoms with Crippen LogP contribution >= 0.6 is 23.4 Å². The van der Waals surface area contributed by atoms with Crippen LogP contribution in [-0.4, -0.2) is 41.4 Å². The number of carbonyl (C=O) groups is 2. The molecule has 3 aromatic rings. The number of benzene rings is 2. The highest BCUT2D eigenvalue weighted by Crippen LogP contribution is 2.27. The average Bonchev–Trinajstić information content (AvgIpc) is 2.78.